The Morgan fingerprint density at radius 3 is 2.46 bits per heavy atom. The van der Waals surface area contributed by atoms with Gasteiger partial charge in [0, 0.05) is 5.69 Å². The van der Waals surface area contributed by atoms with Gasteiger partial charge in [0.15, 0.2) is 5.76 Å². The standard InChI is InChI=1S/C17H14N2O4S/c1-12-6-5-9-15(18-12)19-17(20)14-10-11-16(23-14)24(21,22)13-7-3-2-4-8-13/h2-11H,1H3,(H,18,19,20). The summed E-state index contributed by atoms with van der Waals surface area (Å²) in [7, 11) is -3.79. The Morgan fingerprint density at radius 2 is 1.75 bits per heavy atom. The van der Waals surface area contributed by atoms with Crippen LogP contribution in [0, 0.1) is 6.92 Å². The number of aromatic nitrogens is 1. The third-order valence-corrected chi connectivity index (χ3v) is 4.90. The second kappa shape index (κ2) is 6.29. The number of carbonyl (C=O) groups excluding carboxylic acids is 1. The maximum atomic E-state index is 12.4. The average Bonchev–Trinajstić information content (AvgIpc) is 3.07. The second-order valence-corrected chi connectivity index (χ2v) is 6.93. The van der Waals surface area contributed by atoms with Gasteiger partial charge in [0.05, 0.1) is 4.90 Å². The van der Waals surface area contributed by atoms with Crippen molar-refractivity contribution in [1.29, 1.82) is 0 Å². The number of aryl methyl sites for hydroxylation is 1. The summed E-state index contributed by atoms with van der Waals surface area (Å²) in [5.41, 5.74) is 0.750. The summed E-state index contributed by atoms with van der Waals surface area (Å²) in [6, 6.07) is 15.7. The first-order chi connectivity index (χ1) is 11.5. The van der Waals surface area contributed by atoms with Crippen molar-refractivity contribution in [3.63, 3.8) is 0 Å². The van der Waals surface area contributed by atoms with Gasteiger partial charge < -0.3 is 9.73 Å². The molecule has 0 unspecified atom stereocenters. The van der Waals surface area contributed by atoms with Gasteiger partial charge >= 0.3 is 0 Å². The molecule has 3 rings (SSSR count). The molecule has 6 nitrogen and oxygen atoms in total. The van der Waals surface area contributed by atoms with E-state index in [1.807, 2.05) is 0 Å². The third kappa shape index (κ3) is 3.21. The molecule has 1 aromatic carbocycles. The molecule has 0 spiro atoms. The van der Waals surface area contributed by atoms with Crippen molar-refractivity contribution in [2.24, 2.45) is 0 Å². The van der Waals surface area contributed by atoms with Crippen LogP contribution in [0.1, 0.15) is 16.2 Å². The lowest BCUT2D eigenvalue weighted by molar-refractivity contribution is 0.0991. The highest BCUT2D eigenvalue weighted by atomic mass is 32.2. The smallest absolute Gasteiger partial charge is 0.292 e. The number of benzene rings is 1. The lowest BCUT2D eigenvalue weighted by Crippen LogP contribution is -2.12. The van der Waals surface area contributed by atoms with E-state index in [-0.39, 0.29) is 15.7 Å². The molecule has 2 heterocycles. The molecule has 0 saturated heterocycles. The number of hydrogen-bond donors (Lipinski definition) is 1. The summed E-state index contributed by atoms with van der Waals surface area (Å²) in [6.45, 7) is 1.80. The number of nitrogens with zero attached hydrogens (tertiary/aromatic N) is 1. The van der Waals surface area contributed by atoms with Crippen LogP contribution in [0.4, 0.5) is 5.82 Å². The van der Waals surface area contributed by atoms with E-state index >= 15 is 0 Å². The Labute approximate surface area is 139 Å². The minimum absolute atomic E-state index is 0.103. The first-order valence-electron chi connectivity index (χ1n) is 7.12. The molecule has 24 heavy (non-hydrogen) atoms. The highest BCUT2D eigenvalue weighted by Crippen LogP contribution is 2.23. The molecule has 0 aliphatic carbocycles. The minimum atomic E-state index is -3.79. The fourth-order valence-corrected chi connectivity index (χ4v) is 3.29. The van der Waals surface area contributed by atoms with E-state index in [2.05, 4.69) is 10.3 Å². The monoisotopic (exact) mass is 342 g/mol. The predicted octanol–water partition coefficient (Wildman–Crippen LogP) is 3.07. The molecule has 0 aliphatic heterocycles. The van der Waals surface area contributed by atoms with Gasteiger partial charge in [-0.1, -0.05) is 24.3 Å². The summed E-state index contributed by atoms with van der Waals surface area (Å²) < 4.78 is 30.1. The molecular formula is C17H14N2O4S. The van der Waals surface area contributed by atoms with Crippen LogP contribution in [0.2, 0.25) is 0 Å². The molecule has 7 heteroatoms. The van der Waals surface area contributed by atoms with Crippen molar-refractivity contribution in [3.8, 4) is 0 Å². The molecule has 0 atom stereocenters. The molecule has 1 amide bonds. The zero-order valence-electron chi connectivity index (χ0n) is 12.8. The summed E-state index contributed by atoms with van der Waals surface area (Å²) in [4.78, 5) is 16.4. The lowest BCUT2D eigenvalue weighted by Gasteiger charge is -2.03. The molecule has 122 valence electrons. The number of sulfone groups is 1. The van der Waals surface area contributed by atoms with Crippen LogP contribution in [-0.2, 0) is 9.84 Å². The molecular weight excluding hydrogens is 328 g/mol. The average molecular weight is 342 g/mol. The van der Waals surface area contributed by atoms with Gasteiger partial charge in [-0.15, -0.1) is 0 Å². The predicted molar refractivity (Wildman–Crippen MR) is 87.5 cm³/mol. The zero-order valence-corrected chi connectivity index (χ0v) is 13.6. The van der Waals surface area contributed by atoms with Crippen LogP contribution < -0.4 is 5.32 Å². The normalized spacial score (nSPS) is 11.2. The van der Waals surface area contributed by atoms with Crippen molar-refractivity contribution in [2.45, 2.75) is 16.9 Å². The number of rotatable bonds is 4. The van der Waals surface area contributed by atoms with Gasteiger partial charge in [0.2, 0.25) is 14.9 Å². The minimum Gasteiger partial charge on any atom is -0.439 e. The van der Waals surface area contributed by atoms with Crippen LogP contribution in [0.5, 0.6) is 0 Å². The Hall–Kier alpha value is -2.93. The SMILES string of the molecule is Cc1cccc(NC(=O)c2ccc(S(=O)(=O)c3ccccc3)o2)n1. The number of amides is 1. The van der Waals surface area contributed by atoms with Crippen molar-refractivity contribution in [3.05, 3.63) is 72.1 Å². The van der Waals surface area contributed by atoms with Crippen LogP contribution in [-0.4, -0.2) is 19.3 Å². The van der Waals surface area contributed by atoms with Crippen molar-refractivity contribution in [1.82, 2.24) is 4.98 Å². The summed E-state index contributed by atoms with van der Waals surface area (Å²) in [6.07, 6.45) is 0. The number of hydrogen-bond acceptors (Lipinski definition) is 5. The Bertz CT molecular complexity index is 979. The Morgan fingerprint density at radius 1 is 1.00 bits per heavy atom. The van der Waals surface area contributed by atoms with Crippen molar-refractivity contribution in [2.75, 3.05) is 5.32 Å². The fraction of sp³-hybridized carbons (Fsp3) is 0.0588. The lowest BCUT2D eigenvalue weighted by atomic mass is 10.3. The van der Waals surface area contributed by atoms with Crippen LogP contribution in [0.15, 0.2) is 75.1 Å². The number of nitrogens with one attached hydrogen (secondary N) is 1. The van der Waals surface area contributed by atoms with E-state index in [4.69, 9.17) is 4.42 Å². The molecule has 0 fully saturated rings. The third-order valence-electron chi connectivity index (χ3n) is 3.25. The van der Waals surface area contributed by atoms with Crippen molar-refractivity contribution >= 4 is 21.6 Å². The van der Waals surface area contributed by atoms with Crippen LogP contribution in [0.25, 0.3) is 0 Å². The number of furan rings is 1. The van der Waals surface area contributed by atoms with Crippen molar-refractivity contribution < 1.29 is 17.6 Å². The largest absolute Gasteiger partial charge is 0.439 e. The molecule has 0 radical (unpaired) electrons. The van der Waals surface area contributed by atoms with Crippen LogP contribution >= 0.6 is 0 Å². The maximum absolute atomic E-state index is 12.4. The van der Waals surface area contributed by atoms with Gasteiger partial charge in [0.1, 0.15) is 5.82 Å². The van der Waals surface area contributed by atoms with E-state index in [0.29, 0.717) is 5.82 Å². The van der Waals surface area contributed by atoms with E-state index < -0.39 is 15.7 Å². The molecule has 3 aromatic rings. The van der Waals surface area contributed by atoms with E-state index in [0.717, 1.165) is 5.69 Å². The van der Waals surface area contributed by atoms with E-state index in [1.165, 1.54) is 24.3 Å². The van der Waals surface area contributed by atoms with Gasteiger partial charge in [-0.2, -0.15) is 0 Å². The first-order valence-corrected chi connectivity index (χ1v) is 8.60. The highest BCUT2D eigenvalue weighted by molar-refractivity contribution is 7.91. The van der Waals surface area contributed by atoms with E-state index in [9.17, 15) is 13.2 Å². The van der Waals surface area contributed by atoms with Gasteiger partial charge in [-0.05, 0) is 43.3 Å². The zero-order chi connectivity index (χ0) is 17.2. The molecule has 1 N–H and O–H groups in total. The molecule has 0 bridgehead atoms. The second-order valence-electron chi connectivity index (χ2n) is 5.05. The summed E-state index contributed by atoms with van der Waals surface area (Å²) >= 11 is 0. The van der Waals surface area contributed by atoms with Gasteiger partial charge in [-0.25, -0.2) is 13.4 Å². The fourth-order valence-electron chi connectivity index (χ4n) is 2.09. The topological polar surface area (TPSA) is 89.3 Å². The number of anilines is 1. The summed E-state index contributed by atoms with van der Waals surface area (Å²) in [5, 5.41) is 2.28. The quantitative estimate of drug-likeness (QED) is 0.787. The number of pyridine rings is 1. The van der Waals surface area contributed by atoms with Gasteiger partial charge in [-0.3, -0.25) is 4.79 Å². The molecule has 0 saturated carbocycles. The highest BCUT2D eigenvalue weighted by Gasteiger charge is 2.23. The van der Waals surface area contributed by atoms with Gasteiger partial charge in [0.25, 0.3) is 5.91 Å². The van der Waals surface area contributed by atoms with E-state index in [1.54, 1.807) is 43.3 Å². The molecule has 2 aromatic heterocycles. The number of carbonyl (C=O) groups is 1. The molecule has 0 aliphatic rings. The summed E-state index contributed by atoms with van der Waals surface area (Å²) in [5.74, 6) is -0.306. The first kappa shape index (κ1) is 15.9. The van der Waals surface area contributed by atoms with Crippen LogP contribution in [0.3, 0.4) is 0 Å². The Balaban J connectivity index is 1.84. The Kier molecular flexibility index (Phi) is 4.18. The maximum Gasteiger partial charge on any atom is 0.292 e.